The third kappa shape index (κ3) is 2.96. The third-order valence-corrected chi connectivity index (χ3v) is 3.45. The molecule has 6 heteroatoms. The number of benzene rings is 1. The van der Waals surface area contributed by atoms with Gasteiger partial charge in [0, 0.05) is 5.69 Å². The smallest absolute Gasteiger partial charge is 0.337 e. The number of carbonyl (C=O) groups is 1. The molecular weight excluding hydrogens is 327 g/mol. The summed E-state index contributed by atoms with van der Waals surface area (Å²) in [6.07, 6.45) is 0. The molecule has 0 radical (unpaired) electrons. The van der Waals surface area contributed by atoms with Crippen molar-refractivity contribution in [3.63, 3.8) is 0 Å². The van der Waals surface area contributed by atoms with Crippen molar-refractivity contribution in [3.8, 4) is 0 Å². The molecule has 2 aromatic rings. The van der Waals surface area contributed by atoms with Crippen LogP contribution in [0.5, 0.6) is 0 Å². The van der Waals surface area contributed by atoms with Crippen LogP contribution in [-0.2, 0) is 0 Å². The number of hydrogen-bond donors (Lipinski definition) is 2. The summed E-state index contributed by atoms with van der Waals surface area (Å²) in [7, 11) is 0. The molecule has 4 nitrogen and oxygen atoms in total. The summed E-state index contributed by atoms with van der Waals surface area (Å²) in [5.41, 5.74) is 1.98. The van der Waals surface area contributed by atoms with Crippen molar-refractivity contribution in [2.45, 2.75) is 13.8 Å². The summed E-state index contributed by atoms with van der Waals surface area (Å²) in [6.45, 7) is 3.45. The van der Waals surface area contributed by atoms with Crippen LogP contribution in [0.4, 0.5) is 15.9 Å². The summed E-state index contributed by atoms with van der Waals surface area (Å²) in [5.74, 6) is -0.929. The minimum atomic E-state index is -1.02. The number of nitrogens with one attached hydrogen (secondary N) is 1. The summed E-state index contributed by atoms with van der Waals surface area (Å²) >= 11 is 3.12. The van der Waals surface area contributed by atoms with E-state index in [4.69, 9.17) is 5.11 Å². The molecule has 0 amide bonds. The van der Waals surface area contributed by atoms with Crippen LogP contribution in [-0.4, -0.2) is 16.1 Å². The summed E-state index contributed by atoms with van der Waals surface area (Å²) < 4.78 is 13.9. The number of anilines is 2. The Morgan fingerprint density at radius 1 is 1.35 bits per heavy atom. The second kappa shape index (κ2) is 5.58. The van der Waals surface area contributed by atoms with E-state index in [1.807, 2.05) is 6.92 Å². The highest BCUT2D eigenvalue weighted by Gasteiger charge is 2.10. The first-order chi connectivity index (χ1) is 9.38. The summed E-state index contributed by atoms with van der Waals surface area (Å²) in [4.78, 5) is 15.1. The number of carboxylic acids is 1. The fourth-order valence-corrected chi connectivity index (χ4v) is 2.23. The van der Waals surface area contributed by atoms with Gasteiger partial charge in [0.25, 0.3) is 0 Å². The van der Waals surface area contributed by atoms with Crippen molar-refractivity contribution in [1.29, 1.82) is 0 Å². The first-order valence-corrected chi connectivity index (χ1v) is 6.61. The van der Waals surface area contributed by atoms with Gasteiger partial charge in [0.2, 0.25) is 0 Å². The van der Waals surface area contributed by atoms with Crippen LogP contribution < -0.4 is 5.32 Å². The highest BCUT2D eigenvalue weighted by Crippen LogP contribution is 2.26. The molecule has 0 unspecified atom stereocenters. The number of aromatic nitrogens is 1. The van der Waals surface area contributed by atoms with Gasteiger partial charge >= 0.3 is 5.97 Å². The lowest BCUT2D eigenvalue weighted by atomic mass is 10.2. The molecule has 20 heavy (non-hydrogen) atoms. The van der Waals surface area contributed by atoms with Crippen LogP contribution in [0.2, 0.25) is 0 Å². The molecule has 0 fully saturated rings. The number of nitrogens with zero attached hydrogens (tertiary/aromatic N) is 1. The molecule has 0 bridgehead atoms. The molecule has 0 aliphatic carbocycles. The van der Waals surface area contributed by atoms with E-state index >= 15 is 0 Å². The molecule has 2 N–H and O–H groups in total. The molecule has 104 valence electrons. The van der Waals surface area contributed by atoms with E-state index in [1.165, 1.54) is 12.1 Å². The monoisotopic (exact) mass is 338 g/mol. The lowest BCUT2D eigenvalue weighted by Crippen LogP contribution is -2.04. The zero-order chi connectivity index (χ0) is 14.9. The number of rotatable bonds is 3. The maximum atomic E-state index is 13.5. The Morgan fingerprint density at radius 2 is 2.05 bits per heavy atom. The first kappa shape index (κ1) is 14.5. The number of halogens is 2. The lowest BCUT2D eigenvalue weighted by Gasteiger charge is -2.11. The Hall–Kier alpha value is -1.95. The summed E-state index contributed by atoms with van der Waals surface area (Å²) in [5, 5.41) is 11.9. The van der Waals surface area contributed by atoms with Crippen LogP contribution in [0.1, 0.15) is 21.6 Å². The number of hydrogen-bond acceptors (Lipinski definition) is 3. The number of aromatic carboxylic acids is 1. The molecule has 1 aromatic heterocycles. The zero-order valence-corrected chi connectivity index (χ0v) is 12.5. The number of carboxylic acid groups (broad SMARTS) is 1. The SMILES string of the molecule is Cc1cc(Br)c(F)cc1Nc1ccc(C(=O)O)c(C)n1. The first-order valence-electron chi connectivity index (χ1n) is 5.82. The molecule has 1 aromatic carbocycles. The molecule has 2 rings (SSSR count). The van der Waals surface area contributed by atoms with Gasteiger partial charge in [0.05, 0.1) is 15.7 Å². The average molecular weight is 339 g/mol. The minimum Gasteiger partial charge on any atom is -0.478 e. The standard InChI is InChI=1S/C14H12BrFN2O2/c1-7-5-10(15)11(16)6-12(7)18-13-4-3-9(14(19)20)8(2)17-13/h3-6H,1-2H3,(H,17,18)(H,19,20). The van der Waals surface area contributed by atoms with Gasteiger partial charge in [-0.05, 0) is 59.6 Å². The fraction of sp³-hybridized carbons (Fsp3) is 0.143. The van der Waals surface area contributed by atoms with E-state index in [2.05, 4.69) is 26.2 Å². The van der Waals surface area contributed by atoms with E-state index in [1.54, 1.807) is 19.1 Å². The predicted octanol–water partition coefficient (Wildman–Crippen LogP) is 4.04. The van der Waals surface area contributed by atoms with Gasteiger partial charge in [0.1, 0.15) is 11.6 Å². The Morgan fingerprint density at radius 3 is 2.65 bits per heavy atom. The van der Waals surface area contributed by atoms with Crippen LogP contribution in [0.3, 0.4) is 0 Å². The second-order valence-electron chi connectivity index (χ2n) is 4.34. The fourth-order valence-electron chi connectivity index (χ4n) is 1.78. The van der Waals surface area contributed by atoms with Crippen molar-refractivity contribution in [2.24, 2.45) is 0 Å². The molecule has 0 spiro atoms. The van der Waals surface area contributed by atoms with Crippen molar-refractivity contribution >= 4 is 33.4 Å². The van der Waals surface area contributed by atoms with E-state index < -0.39 is 5.97 Å². The average Bonchev–Trinajstić information content (AvgIpc) is 2.35. The van der Waals surface area contributed by atoms with Gasteiger partial charge in [-0.3, -0.25) is 0 Å². The minimum absolute atomic E-state index is 0.147. The molecule has 0 saturated carbocycles. The Kier molecular flexibility index (Phi) is 4.04. The van der Waals surface area contributed by atoms with Crippen molar-refractivity contribution in [3.05, 3.63) is 51.4 Å². The second-order valence-corrected chi connectivity index (χ2v) is 5.20. The lowest BCUT2D eigenvalue weighted by molar-refractivity contribution is 0.0695. The third-order valence-electron chi connectivity index (χ3n) is 2.85. The van der Waals surface area contributed by atoms with Gasteiger partial charge in [-0.1, -0.05) is 0 Å². The van der Waals surface area contributed by atoms with Gasteiger partial charge in [-0.15, -0.1) is 0 Å². The predicted molar refractivity (Wildman–Crippen MR) is 78.1 cm³/mol. The van der Waals surface area contributed by atoms with Crippen molar-refractivity contribution < 1.29 is 14.3 Å². The van der Waals surface area contributed by atoms with Gasteiger partial charge in [-0.2, -0.15) is 0 Å². The maximum Gasteiger partial charge on any atom is 0.337 e. The molecular formula is C14H12BrFN2O2. The number of pyridine rings is 1. The van der Waals surface area contributed by atoms with Crippen molar-refractivity contribution in [1.82, 2.24) is 4.98 Å². The van der Waals surface area contributed by atoms with Crippen LogP contribution in [0, 0.1) is 19.7 Å². The van der Waals surface area contributed by atoms with Gasteiger partial charge in [-0.25, -0.2) is 14.2 Å². The highest BCUT2D eigenvalue weighted by atomic mass is 79.9. The maximum absolute atomic E-state index is 13.5. The Bertz CT molecular complexity index is 689. The Labute approximate surface area is 123 Å². The van der Waals surface area contributed by atoms with Crippen LogP contribution in [0.25, 0.3) is 0 Å². The quantitative estimate of drug-likeness (QED) is 0.886. The normalized spacial score (nSPS) is 10.4. The molecule has 0 aliphatic rings. The molecule has 0 aliphatic heterocycles. The molecule has 1 heterocycles. The van der Waals surface area contributed by atoms with Gasteiger partial charge in [0.15, 0.2) is 0 Å². The van der Waals surface area contributed by atoms with Gasteiger partial charge < -0.3 is 10.4 Å². The van der Waals surface area contributed by atoms with E-state index in [9.17, 15) is 9.18 Å². The largest absolute Gasteiger partial charge is 0.478 e. The van der Waals surface area contributed by atoms with E-state index in [-0.39, 0.29) is 11.4 Å². The van der Waals surface area contributed by atoms with Crippen LogP contribution in [0.15, 0.2) is 28.7 Å². The number of aryl methyl sites for hydroxylation is 2. The molecule has 0 atom stereocenters. The topological polar surface area (TPSA) is 62.2 Å². The Balaban J connectivity index is 2.33. The molecule has 0 saturated heterocycles. The van der Waals surface area contributed by atoms with Crippen LogP contribution >= 0.6 is 15.9 Å². The summed E-state index contributed by atoms with van der Waals surface area (Å²) in [6, 6.07) is 6.05. The van der Waals surface area contributed by atoms with E-state index in [0.717, 1.165) is 5.56 Å². The van der Waals surface area contributed by atoms with E-state index in [0.29, 0.717) is 21.7 Å². The zero-order valence-electron chi connectivity index (χ0n) is 10.9. The van der Waals surface area contributed by atoms with Crippen molar-refractivity contribution in [2.75, 3.05) is 5.32 Å². The highest BCUT2D eigenvalue weighted by molar-refractivity contribution is 9.10.